The number of ether oxygens (including phenoxy) is 1. The molecule has 43 heavy (non-hydrogen) atoms. The van der Waals surface area contributed by atoms with Crippen molar-refractivity contribution < 1.29 is 33.1 Å². The smallest absolute Gasteiger partial charge is 0.337 e. The Kier molecular flexibility index (Phi) is 9.50. The summed E-state index contributed by atoms with van der Waals surface area (Å²) in [5.41, 5.74) is 7.01. The molecule has 3 aromatic carbocycles. The fraction of sp³-hybridized carbons (Fsp3) is 0.303. The molecule has 1 aliphatic heterocycles. The van der Waals surface area contributed by atoms with E-state index in [9.17, 15) is 28.4 Å². The number of methoxy groups -OCH3 is 1. The van der Waals surface area contributed by atoms with Crippen molar-refractivity contribution in [2.24, 2.45) is 17.6 Å². The van der Waals surface area contributed by atoms with Crippen LogP contribution in [0.3, 0.4) is 0 Å². The van der Waals surface area contributed by atoms with E-state index in [0.717, 1.165) is 0 Å². The van der Waals surface area contributed by atoms with Gasteiger partial charge in [-0.05, 0) is 48.4 Å². The predicted molar refractivity (Wildman–Crippen MR) is 157 cm³/mol. The third-order valence-corrected chi connectivity index (χ3v) is 7.98. The Balaban J connectivity index is 1.89. The van der Waals surface area contributed by atoms with Crippen LogP contribution in [0.4, 0.5) is 4.39 Å². The highest BCUT2D eigenvalue weighted by atomic mass is 19.1. The second-order valence-electron chi connectivity index (χ2n) is 10.9. The number of primary amides is 1. The van der Waals surface area contributed by atoms with Gasteiger partial charge in [0.05, 0.1) is 19.2 Å². The van der Waals surface area contributed by atoms with Crippen molar-refractivity contribution in [3.8, 4) is 0 Å². The van der Waals surface area contributed by atoms with Gasteiger partial charge in [-0.25, -0.2) is 9.18 Å². The molecule has 0 aromatic heterocycles. The van der Waals surface area contributed by atoms with Crippen LogP contribution in [0, 0.1) is 24.6 Å². The molecule has 0 aliphatic carbocycles. The lowest BCUT2D eigenvalue weighted by atomic mass is 9.67. The van der Waals surface area contributed by atoms with Crippen molar-refractivity contribution in [3.63, 3.8) is 0 Å². The first kappa shape index (κ1) is 31.2. The highest BCUT2D eigenvalue weighted by Gasteiger charge is 2.46. The molecule has 2 N–H and O–H groups in total. The summed E-state index contributed by atoms with van der Waals surface area (Å²) in [6.45, 7) is 1.75. The van der Waals surface area contributed by atoms with Crippen LogP contribution >= 0.6 is 0 Å². The number of hydrogen-bond acceptors (Lipinski definition) is 7. The molecule has 2 amide bonds. The Morgan fingerprint density at radius 1 is 0.860 bits per heavy atom. The average molecular weight is 588 g/mol. The second kappa shape index (κ2) is 13.1. The molecule has 1 heterocycles. The third-order valence-electron chi connectivity index (χ3n) is 7.98. The molecule has 224 valence electrons. The van der Waals surface area contributed by atoms with Crippen LogP contribution < -0.4 is 5.73 Å². The molecule has 0 saturated carbocycles. The number of likely N-dealkylation sites (N-methyl/N-ethyl adjacent to an activating group) is 1. The minimum absolute atomic E-state index is 0.0566. The summed E-state index contributed by atoms with van der Waals surface area (Å²) in [5, 5.41) is 0. The van der Waals surface area contributed by atoms with Crippen molar-refractivity contribution >= 4 is 29.4 Å². The van der Waals surface area contributed by atoms with Gasteiger partial charge in [0.2, 0.25) is 11.8 Å². The quantitative estimate of drug-likeness (QED) is 0.300. The Hall–Kier alpha value is -4.70. The number of piperidine rings is 1. The van der Waals surface area contributed by atoms with E-state index < -0.39 is 35.4 Å². The Morgan fingerprint density at radius 2 is 1.37 bits per heavy atom. The fourth-order valence-corrected chi connectivity index (χ4v) is 5.68. The highest BCUT2D eigenvalue weighted by Crippen LogP contribution is 2.42. The SMILES string of the molecule is COC(=O)c1cccc(C(=O)C2CN(CC(=O)N(C)C)CC(C(=O)c3cccc(C(N)=O)c3)C2c2cccc(F)c2C)c1. The summed E-state index contributed by atoms with van der Waals surface area (Å²) >= 11 is 0. The van der Waals surface area contributed by atoms with E-state index in [1.54, 1.807) is 56.3 Å². The summed E-state index contributed by atoms with van der Waals surface area (Å²) in [6, 6.07) is 16.7. The largest absolute Gasteiger partial charge is 0.465 e. The molecule has 0 bridgehead atoms. The number of carbonyl (C=O) groups excluding carboxylic acids is 5. The molecule has 1 aliphatic rings. The van der Waals surface area contributed by atoms with Crippen LogP contribution in [0.15, 0.2) is 66.7 Å². The van der Waals surface area contributed by atoms with Gasteiger partial charge < -0.3 is 15.4 Å². The molecule has 9 nitrogen and oxygen atoms in total. The van der Waals surface area contributed by atoms with E-state index >= 15 is 0 Å². The molecule has 3 atom stereocenters. The minimum atomic E-state index is -0.898. The van der Waals surface area contributed by atoms with Gasteiger partial charge in [0.15, 0.2) is 11.6 Å². The zero-order valence-corrected chi connectivity index (χ0v) is 24.5. The van der Waals surface area contributed by atoms with E-state index in [1.165, 1.54) is 48.4 Å². The van der Waals surface area contributed by atoms with Crippen LogP contribution in [0.1, 0.15) is 58.5 Å². The topological polar surface area (TPSA) is 127 Å². The molecule has 0 radical (unpaired) electrons. The third kappa shape index (κ3) is 6.70. The number of nitrogens with two attached hydrogens (primary N) is 1. The number of esters is 1. The number of ketones is 2. The van der Waals surface area contributed by atoms with Crippen molar-refractivity contribution in [1.82, 2.24) is 9.80 Å². The molecule has 1 saturated heterocycles. The predicted octanol–water partition coefficient (Wildman–Crippen LogP) is 3.51. The van der Waals surface area contributed by atoms with Gasteiger partial charge in [0, 0.05) is 61.6 Å². The van der Waals surface area contributed by atoms with Crippen LogP contribution in [0.25, 0.3) is 0 Å². The van der Waals surface area contributed by atoms with E-state index in [0.29, 0.717) is 11.1 Å². The molecule has 3 unspecified atom stereocenters. The molecular weight excluding hydrogens is 553 g/mol. The van der Waals surface area contributed by atoms with E-state index in [2.05, 4.69) is 0 Å². The summed E-state index contributed by atoms with van der Waals surface area (Å²) < 4.78 is 19.8. The maximum Gasteiger partial charge on any atom is 0.337 e. The maximum atomic E-state index is 15.0. The summed E-state index contributed by atoms with van der Waals surface area (Å²) in [5.74, 6) is -5.35. The lowest BCUT2D eigenvalue weighted by Crippen LogP contribution is -2.52. The Morgan fingerprint density at radius 3 is 1.91 bits per heavy atom. The van der Waals surface area contributed by atoms with E-state index in [1.807, 2.05) is 0 Å². The minimum Gasteiger partial charge on any atom is -0.465 e. The second-order valence-corrected chi connectivity index (χ2v) is 10.9. The summed E-state index contributed by atoms with van der Waals surface area (Å²) in [6.07, 6.45) is 0. The summed E-state index contributed by atoms with van der Waals surface area (Å²) in [4.78, 5) is 68.7. The number of likely N-dealkylation sites (tertiary alicyclic amines) is 1. The first-order valence-electron chi connectivity index (χ1n) is 13.8. The standard InChI is InChI=1S/C33H34FN3O6/c1-19-24(12-7-13-27(19)34)29-25(30(39)20-8-5-10-22(14-20)32(35)41)16-37(18-28(38)36(2)3)17-26(29)31(40)21-9-6-11-23(15-21)33(42)43-4/h5-15,25-26,29H,16-18H2,1-4H3,(H2,35,41). The number of nitrogens with zero attached hydrogens (tertiary/aromatic N) is 2. The molecule has 1 fully saturated rings. The van der Waals surface area contributed by atoms with Crippen LogP contribution in [0.2, 0.25) is 0 Å². The maximum absolute atomic E-state index is 15.0. The monoisotopic (exact) mass is 587 g/mol. The zero-order valence-electron chi connectivity index (χ0n) is 24.5. The molecule has 0 spiro atoms. The zero-order chi connectivity index (χ0) is 31.4. The molecular formula is C33H34FN3O6. The van der Waals surface area contributed by atoms with Crippen molar-refractivity contribution in [1.29, 1.82) is 0 Å². The van der Waals surface area contributed by atoms with Crippen LogP contribution in [0.5, 0.6) is 0 Å². The van der Waals surface area contributed by atoms with Crippen LogP contribution in [-0.4, -0.2) is 80.0 Å². The number of rotatable bonds is 9. The number of halogens is 1. The first-order valence-corrected chi connectivity index (χ1v) is 13.8. The van der Waals surface area contributed by atoms with Gasteiger partial charge in [0.1, 0.15) is 5.82 Å². The number of amides is 2. The lowest BCUT2D eigenvalue weighted by molar-refractivity contribution is -0.130. The van der Waals surface area contributed by atoms with E-state index in [-0.39, 0.29) is 59.4 Å². The number of benzene rings is 3. The van der Waals surface area contributed by atoms with Gasteiger partial charge in [-0.1, -0.05) is 36.4 Å². The Bertz CT molecular complexity index is 1590. The number of Topliss-reactive ketones (excluding diaryl/α,β-unsaturated/α-hetero) is 2. The normalized spacial score (nSPS) is 18.5. The number of carbonyl (C=O) groups is 5. The first-order chi connectivity index (χ1) is 20.4. The lowest BCUT2D eigenvalue weighted by Gasteiger charge is -2.43. The average Bonchev–Trinajstić information content (AvgIpc) is 3.01. The summed E-state index contributed by atoms with van der Waals surface area (Å²) in [7, 11) is 4.47. The highest BCUT2D eigenvalue weighted by molar-refractivity contribution is 6.04. The fourth-order valence-electron chi connectivity index (χ4n) is 5.68. The van der Waals surface area contributed by atoms with Gasteiger partial charge in [-0.2, -0.15) is 0 Å². The van der Waals surface area contributed by atoms with E-state index in [4.69, 9.17) is 10.5 Å². The van der Waals surface area contributed by atoms with Crippen molar-refractivity contribution in [2.75, 3.05) is 40.8 Å². The molecule has 10 heteroatoms. The molecule has 3 aromatic rings. The molecule has 4 rings (SSSR count). The van der Waals surface area contributed by atoms with Crippen molar-refractivity contribution in [3.05, 3.63) is 106 Å². The van der Waals surface area contributed by atoms with Gasteiger partial charge in [0.25, 0.3) is 0 Å². The van der Waals surface area contributed by atoms with Gasteiger partial charge in [-0.3, -0.25) is 24.1 Å². The van der Waals surface area contributed by atoms with Crippen molar-refractivity contribution in [2.45, 2.75) is 12.8 Å². The Labute approximate surface area is 249 Å². The van der Waals surface area contributed by atoms with Gasteiger partial charge in [-0.15, -0.1) is 0 Å². The number of hydrogen-bond donors (Lipinski definition) is 1. The van der Waals surface area contributed by atoms with Crippen LogP contribution in [-0.2, 0) is 9.53 Å². The van der Waals surface area contributed by atoms with Gasteiger partial charge >= 0.3 is 5.97 Å².